The molecule has 0 fully saturated rings. The first-order chi connectivity index (χ1) is 13.4. The van der Waals surface area contributed by atoms with Crippen LogP contribution >= 0.6 is 11.6 Å². The van der Waals surface area contributed by atoms with Crippen molar-refractivity contribution in [1.82, 2.24) is 4.57 Å². The molecule has 4 aromatic rings. The van der Waals surface area contributed by atoms with Crippen LogP contribution in [0, 0.1) is 6.92 Å². The number of pyridine rings is 1. The lowest BCUT2D eigenvalue weighted by Crippen LogP contribution is -2.17. The minimum absolute atomic E-state index is 0.0574. The summed E-state index contributed by atoms with van der Waals surface area (Å²) >= 11 is 6.19. The van der Waals surface area contributed by atoms with Gasteiger partial charge in [-0.1, -0.05) is 59.6 Å². The van der Waals surface area contributed by atoms with E-state index < -0.39 is 0 Å². The van der Waals surface area contributed by atoms with E-state index in [4.69, 9.17) is 17.3 Å². The van der Waals surface area contributed by atoms with Gasteiger partial charge in [-0.25, -0.2) is 0 Å². The molecule has 0 spiro atoms. The van der Waals surface area contributed by atoms with Gasteiger partial charge in [0, 0.05) is 23.5 Å². The maximum Gasteiger partial charge on any atom is 0.251 e. The monoisotopic (exact) mass is 388 g/mol. The highest BCUT2D eigenvalue weighted by atomic mass is 35.5. The van der Waals surface area contributed by atoms with E-state index in [1.54, 1.807) is 17.7 Å². The van der Waals surface area contributed by atoms with E-state index in [1.807, 2.05) is 36.4 Å². The van der Waals surface area contributed by atoms with Crippen LogP contribution in [0.1, 0.15) is 22.7 Å². The maximum absolute atomic E-state index is 12.5. The molecule has 1 heterocycles. The predicted molar refractivity (Wildman–Crippen MR) is 117 cm³/mol. The molecule has 3 aromatic carbocycles. The molecule has 0 aliphatic rings. The first-order valence-electron chi connectivity index (χ1n) is 9.16. The summed E-state index contributed by atoms with van der Waals surface area (Å²) in [5, 5.41) is 1.61. The average molecular weight is 389 g/mol. The second-order valence-corrected chi connectivity index (χ2v) is 7.57. The third-order valence-corrected chi connectivity index (χ3v) is 5.44. The van der Waals surface area contributed by atoms with Crippen LogP contribution in [0.25, 0.3) is 22.0 Å². The van der Waals surface area contributed by atoms with E-state index in [2.05, 4.69) is 37.3 Å². The topological polar surface area (TPSA) is 48.0 Å². The van der Waals surface area contributed by atoms with E-state index in [1.165, 1.54) is 5.56 Å². The Balaban J connectivity index is 1.92. The number of hydrogen-bond donors (Lipinski definition) is 1. The normalized spacial score (nSPS) is 12.3. The SMILES string of the molecule is Cc1ccc(C(N)c2ccc3c(c2)c(-c2cccc(Cl)c2)cc(=O)n3C)cc1. The summed E-state index contributed by atoms with van der Waals surface area (Å²) in [7, 11) is 1.78. The third-order valence-electron chi connectivity index (χ3n) is 5.20. The van der Waals surface area contributed by atoms with Crippen molar-refractivity contribution in [3.63, 3.8) is 0 Å². The first kappa shape index (κ1) is 18.5. The summed E-state index contributed by atoms with van der Waals surface area (Å²) in [4.78, 5) is 12.5. The number of hydrogen-bond acceptors (Lipinski definition) is 2. The second-order valence-electron chi connectivity index (χ2n) is 7.13. The Bertz CT molecular complexity index is 1230. The van der Waals surface area contributed by atoms with Crippen LogP contribution in [-0.2, 0) is 7.05 Å². The molecule has 2 N–H and O–H groups in total. The van der Waals surface area contributed by atoms with Gasteiger partial charge in [0.25, 0.3) is 5.56 Å². The summed E-state index contributed by atoms with van der Waals surface area (Å²) in [6.45, 7) is 2.06. The lowest BCUT2D eigenvalue weighted by atomic mass is 9.94. The van der Waals surface area contributed by atoms with Gasteiger partial charge in [0.1, 0.15) is 0 Å². The summed E-state index contributed by atoms with van der Waals surface area (Å²) in [6, 6.07) is 23.3. The number of fused-ring (bicyclic) bond motifs is 1. The molecule has 4 heteroatoms. The van der Waals surface area contributed by atoms with Gasteiger partial charge >= 0.3 is 0 Å². The van der Waals surface area contributed by atoms with Crippen molar-refractivity contribution in [3.05, 3.63) is 105 Å². The van der Waals surface area contributed by atoms with E-state index in [-0.39, 0.29) is 11.6 Å². The quantitative estimate of drug-likeness (QED) is 0.523. The van der Waals surface area contributed by atoms with E-state index in [9.17, 15) is 4.79 Å². The molecule has 0 saturated carbocycles. The van der Waals surface area contributed by atoms with Crippen LogP contribution in [0.5, 0.6) is 0 Å². The van der Waals surface area contributed by atoms with Gasteiger partial charge in [-0.2, -0.15) is 0 Å². The zero-order valence-corrected chi connectivity index (χ0v) is 16.6. The summed E-state index contributed by atoms with van der Waals surface area (Å²) in [5.74, 6) is 0. The third kappa shape index (κ3) is 3.35. The van der Waals surface area contributed by atoms with Crippen molar-refractivity contribution in [2.75, 3.05) is 0 Å². The van der Waals surface area contributed by atoms with Gasteiger partial charge in [-0.15, -0.1) is 0 Å². The van der Waals surface area contributed by atoms with Crippen LogP contribution in [0.4, 0.5) is 0 Å². The second kappa shape index (κ2) is 7.27. The molecule has 140 valence electrons. The summed E-state index contributed by atoms with van der Waals surface area (Å²) < 4.78 is 1.66. The number of aryl methyl sites for hydroxylation is 2. The van der Waals surface area contributed by atoms with Gasteiger partial charge in [-0.3, -0.25) is 4.79 Å². The molecule has 0 saturated heterocycles. The molecule has 1 atom stereocenters. The molecule has 28 heavy (non-hydrogen) atoms. The van der Waals surface area contributed by atoms with E-state index >= 15 is 0 Å². The highest BCUT2D eigenvalue weighted by Crippen LogP contribution is 2.31. The number of aromatic nitrogens is 1. The Hall–Kier alpha value is -2.88. The molecule has 1 aromatic heterocycles. The van der Waals surface area contributed by atoms with E-state index in [0.717, 1.165) is 33.2 Å². The number of halogens is 1. The molecule has 0 amide bonds. The molecule has 0 bridgehead atoms. The molecule has 1 unspecified atom stereocenters. The van der Waals surface area contributed by atoms with Crippen molar-refractivity contribution in [2.24, 2.45) is 12.8 Å². The number of benzene rings is 3. The standard InChI is InChI=1S/C24H21ClN2O/c1-15-6-8-16(9-7-15)24(26)18-10-11-22-21(13-18)20(14-23(28)27(22)2)17-4-3-5-19(25)12-17/h3-14,24H,26H2,1-2H3. The molecule has 4 rings (SSSR count). The highest BCUT2D eigenvalue weighted by molar-refractivity contribution is 6.30. The van der Waals surface area contributed by atoms with Gasteiger partial charge in [-0.05, 0) is 53.4 Å². The van der Waals surface area contributed by atoms with Crippen molar-refractivity contribution in [1.29, 1.82) is 0 Å². The minimum Gasteiger partial charge on any atom is -0.320 e. The van der Waals surface area contributed by atoms with Crippen molar-refractivity contribution in [3.8, 4) is 11.1 Å². The first-order valence-corrected chi connectivity index (χ1v) is 9.53. The Morgan fingerprint density at radius 1 is 0.929 bits per heavy atom. The molecule has 3 nitrogen and oxygen atoms in total. The van der Waals surface area contributed by atoms with Crippen molar-refractivity contribution < 1.29 is 0 Å². The predicted octanol–water partition coefficient (Wildman–Crippen LogP) is 5.22. The van der Waals surface area contributed by atoms with Gasteiger partial charge in [0.15, 0.2) is 0 Å². The van der Waals surface area contributed by atoms with Gasteiger partial charge in [0.2, 0.25) is 0 Å². The Morgan fingerprint density at radius 3 is 2.36 bits per heavy atom. The fourth-order valence-electron chi connectivity index (χ4n) is 3.53. The fraction of sp³-hybridized carbons (Fsp3) is 0.125. The lowest BCUT2D eigenvalue weighted by Gasteiger charge is -2.16. The van der Waals surface area contributed by atoms with Crippen LogP contribution in [-0.4, -0.2) is 4.57 Å². The van der Waals surface area contributed by atoms with Crippen molar-refractivity contribution in [2.45, 2.75) is 13.0 Å². The Kier molecular flexibility index (Phi) is 4.80. The average Bonchev–Trinajstić information content (AvgIpc) is 2.70. The molecular formula is C24H21ClN2O. The zero-order valence-electron chi connectivity index (χ0n) is 15.8. The Labute approximate surface area is 169 Å². The van der Waals surface area contributed by atoms with Crippen LogP contribution in [0.3, 0.4) is 0 Å². The van der Waals surface area contributed by atoms with Crippen LogP contribution in [0.2, 0.25) is 5.02 Å². The molecular weight excluding hydrogens is 368 g/mol. The molecule has 0 radical (unpaired) electrons. The number of nitrogens with two attached hydrogens (primary N) is 1. The highest BCUT2D eigenvalue weighted by Gasteiger charge is 2.14. The smallest absolute Gasteiger partial charge is 0.251 e. The van der Waals surface area contributed by atoms with Crippen LogP contribution in [0.15, 0.2) is 77.6 Å². The van der Waals surface area contributed by atoms with Crippen molar-refractivity contribution >= 4 is 22.5 Å². The minimum atomic E-state index is -0.241. The zero-order chi connectivity index (χ0) is 19.8. The largest absolute Gasteiger partial charge is 0.320 e. The molecule has 0 aliphatic heterocycles. The Morgan fingerprint density at radius 2 is 1.64 bits per heavy atom. The van der Waals surface area contributed by atoms with Crippen LogP contribution < -0.4 is 11.3 Å². The molecule has 0 aliphatic carbocycles. The lowest BCUT2D eigenvalue weighted by molar-refractivity contribution is 0.868. The summed E-state index contributed by atoms with van der Waals surface area (Å²) in [5.41, 5.74) is 12.4. The number of nitrogens with zero attached hydrogens (tertiary/aromatic N) is 1. The number of rotatable bonds is 3. The maximum atomic E-state index is 12.5. The fourth-order valence-corrected chi connectivity index (χ4v) is 3.72. The van der Waals surface area contributed by atoms with E-state index in [0.29, 0.717) is 5.02 Å². The summed E-state index contributed by atoms with van der Waals surface area (Å²) in [6.07, 6.45) is 0. The van der Waals surface area contributed by atoms with Gasteiger partial charge < -0.3 is 10.3 Å². The van der Waals surface area contributed by atoms with Gasteiger partial charge in [0.05, 0.1) is 11.6 Å².